The Labute approximate surface area is 182 Å². The van der Waals surface area contributed by atoms with Crippen molar-refractivity contribution in [3.63, 3.8) is 0 Å². The maximum absolute atomic E-state index is 14.4. The number of halogens is 2. The minimum absolute atomic E-state index is 0.0633. The van der Waals surface area contributed by atoms with Gasteiger partial charge in [-0.25, -0.2) is 14.1 Å². The third kappa shape index (κ3) is 3.39. The summed E-state index contributed by atoms with van der Waals surface area (Å²) in [7, 11) is 0. The summed E-state index contributed by atoms with van der Waals surface area (Å²) in [5, 5.41) is 4.58. The number of rotatable bonds is 3. The van der Waals surface area contributed by atoms with Gasteiger partial charge in [0.1, 0.15) is 17.3 Å². The molecule has 30 heavy (non-hydrogen) atoms. The molecule has 1 aliphatic heterocycles. The van der Waals surface area contributed by atoms with E-state index in [2.05, 4.69) is 30.9 Å². The number of anilines is 1. The van der Waals surface area contributed by atoms with Gasteiger partial charge in [-0.2, -0.15) is 5.10 Å². The normalized spacial score (nSPS) is 16.1. The van der Waals surface area contributed by atoms with Crippen LogP contribution in [-0.2, 0) is 12.8 Å². The van der Waals surface area contributed by atoms with Gasteiger partial charge in [-0.05, 0) is 59.5 Å². The van der Waals surface area contributed by atoms with Gasteiger partial charge in [-0.15, -0.1) is 0 Å². The zero-order valence-corrected chi connectivity index (χ0v) is 18.0. The largest absolute Gasteiger partial charge is 0.353 e. The van der Waals surface area contributed by atoms with Crippen LogP contribution in [0, 0.1) is 5.82 Å². The van der Waals surface area contributed by atoms with Crippen molar-refractivity contribution >= 4 is 27.7 Å². The highest BCUT2D eigenvalue weighted by molar-refractivity contribution is 9.10. The molecule has 2 aromatic heterocycles. The van der Waals surface area contributed by atoms with E-state index in [0.29, 0.717) is 24.5 Å². The Morgan fingerprint density at radius 1 is 1.03 bits per heavy atom. The molecule has 8 heteroatoms. The van der Waals surface area contributed by atoms with Crippen molar-refractivity contribution in [3.05, 3.63) is 69.8 Å². The lowest BCUT2D eigenvalue weighted by Gasteiger charge is -2.35. The first-order valence-electron chi connectivity index (χ1n) is 10.1. The summed E-state index contributed by atoms with van der Waals surface area (Å²) in [4.78, 5) is 21.8. The lowest BCUT2D eigenvalue weighted by Crippen LogP contribution is -2.49. The first-order chi connectivity index (χ1) is 14.6. The van der Waals surface area contributed by atoms with Crippen LogP contribution in [0.2, 0.25) is 0 Å². The Hall–Kier alpha value is -2.74. The van der Waals surface area contributed by atoms with Gasteiger partial charge in [0.2, 0.25) is 0 Å². The fourth-order valence-corrected chi connectivity index (χ4v) is 4.51. The SMILES string of the molecule is O=C(c1nn(-c2ccccc2F)c2c1CCC2)N1CCN(c2ccc(Br)cn2)CC1. The lowest BCUT2D eigenvalue weighted by atomic mass is 10.1. The molecular weight excluding hydrogens is 449 g/mol. The molecular formula is C22H21BrFN5O. The summed E-state index contributed by atoms with van der Waals surface area (Å²) < 4.78 is 16.9. The van der Waals surface area contributed by atoms with Gasteiger partial charge in [0.15, 0.2) is 5.69 Å². The van der Waals surface area contributed by atoms with E-state index in [9.17, 15) is 9.18 Å². The molecule has 2 aliphatic rings. The van der Waals surface area contributed by atoms with Crippen LogP contribution in [0.25, 0.3) is 5.69 Å². The molecule has 1 saturated heterocycles. The molecule has 5 rings (SSSR count). The maximum atomic E-state index is 14.4. The van der Waals surface area contributed by atoms with E-state index in [1.54, 1.807) is 29.1 Å². The standard InChI is InChI=1S/C22H21BrFN5O/c23-15-8-9-20(25-14-15)27-10-12-28(13-11-27)22(30)21-16-4-3-7-18(16)29(26-21)19-6-2-1-5-17(19)24/h1-2,5-6,8-9,14H,3-4,7,10-13H2. The zero-order valence-electron chi connectivity index (χ0n) is 16.4. The Kier molecular flexibility index (Phi) is 5.02. The third-order valence-electron chi connectivity index (χ3n) is 5.82. The lowest BCUT2D eigenvalue weighted by molar-refractivity contribution is 0.0739. The van der Waals surface area contributed by atoms with Crippen molar-refractivity contribution in [1.82, 2.24) is 19.7 Å². The number of hydrogen-bond donors (Lipinski definition) is 0. The van der Waals surface area contributed by atoms with Crippen LogP contribution in [0.3, 0.4) is 0 Å². The van der Waals surface area contributed by atoms with Gasteiger partial charge in [0.05, 0.1) is 0 Å². The molecule has 0 saturated carbocycles. The zero-order chi connectivity index (χ0) is 20.7. The predicted molar refractivity (Wildman–Crippen MR) is 116 cm³/mol. The second-order valence-corrected chi connectivity index (χ2v) is 8.52. The van der Waals surface area contributed by atoms with Crippen LogP contribution in [-0.4, -0.2) is 51.8 Å². The first kappa shape index (κ1) is 19.2. The summed E-state index contributed by atoms with van der Waals surface area (Å²) in [5.74, 6) is 0.519. The number of carbonyl (C=O) groups excluding carboxylic acids is 1. The van der Waals surface area contributed by atoms with E-state index in [4.69, 9.17) is 0 Å². The number of pyridine rings is 1. The highest BCUT2D eigenvalue weighted by Crippen LogP contribution is 2.29. The van der Waals surface area contributed by atoms with E-state index in [1.165, 1.54) is 6.07 Å². The molecule has 1 aliphatic carbocycles. The van der Waals surface area contributed by atoms with Crippen LogP contribution < -0.4 is 4.90 Å². The first-order valence-corrected chi connectivity index (χ1v) is 10.9. The van der Waals surface area contributed by atoms with Crippen molar-refractivity contribution in [3.8, 4) is 5.69 Å². The molecule has 0 N–H and O–H groups in total. The fraction of sp³-hybridized carbons (Fsp3) is 0.318. The van der Waals surface area contributed by atoms with Gasteiger partial charge in [-0.1, -0.05) is 12.1 Å². The predicted octanol–water partition coefficient (Wildman–Crippen LogP) is 3.62. The number of nitrogens with zero attached hydrogens (tertiary/aromatic N) is 5. The Balaban J connectivity index is 1.37. The average molecular weight is 470 g/mol. The molecule has 0 radical (unpaired) electrons. The Bertz CT molecular complexity index is 1090. The maximum Gasteiger partial charge on any atom is 0.274 e. The van der Waals surface area contributed by atoms with Gasteiger partial charge >= 0.3 is 0 Å². The number of benzene rings is 1. The van der Waals surface area contributed by atoms with Crippen molar-refractivity contribution < 1.29 is 9.18 Å². The monoisotopic (exact) mass is 469 g/mol. The molecule has 1 aromatic carbocycles. The number of fused-ring (bicyclic) bond motifs is 1. The van der Waals surface area contributed by atoms with Crippen molar-refractivity contribution in [2.45, 2.75) is 19.3 Å². The minimum atomic E-state index is -0.329. The second kappa shape index (κ2) is 7.83. The van der Waals surface area contributed by atoms with Gasteiger partial charge in [0.25, 0.3) is 5.91 Å². The summed E-state index contributed by atoms with van der Waals surface area (Å²) in [5.41, 5.74) is 2.81. The van der Waals surface area contributed by atoms with Gasteiger partial charge in [-0.3, -0.25) is 4.79 Å². The van der Waals surface area contributed by atoms with Crippen molar-refractivity contribution in [1.29, 1.82) is 0 Å². The van der Waals surface area contributed by atoms with E-state index in [-0.39, 0.29) is 11.7 Å². The summed E-state index contributed by atoms with van der Waals surface area (Å²) in [6.07, 6.45) is 4.37. The van der Waals surface area contributed by atoms with Crippen LogP contribution in [0.5, 0.6) is 0 Å². The molecule has 0 unspecified atom stereocenters. The second-order valence-electron chi connectivity index (χ2n) is 7.60. The smallest absolute Gasteiger partial charge is 0.274 e. The Morgan fingerprint density at radius 3 is 2.57 bits per heavy atom. The summed E-state index contributed by atoms with van der Waals surface area (Å²) in [6, 6.07) is 10.5. The number of aromatic nitrogens is 3. The Morgan fingerprint density at radius 2 is 1.83 bits per heavy atom. The number of piperazine rings is 1. The number of carbonyl (C=O) groups is 1. The quantitative estimate of drug-likeness (QED) is 0.587. The average Bonchev–Trinajstić information content (AvgIpc) is 3.38. The highest BCUT2D eigenvalue weighted by Gasteiger charge is 2.31. The molecule has 154 valence electrons. The van der Waals surface area contributed by atoms with Crippen LogP contribution >= 0.6 is 15.9 Å². The highest BCUT2D eigenvalue weighted by atomic mass is 79.9. The molecule has 1 amide bonds. The van der Waals surface area contributed by atoms with E-state index < -0.39 is 0 Å². The van der Waals surface area contributed by atoms with E-state index in [1.807, 2.05) is 17.0 Å². The molecule has 3 heterocycles. The van der Waals surface area contributed by atoms with E-state index in [0.717, 1.165) is 53.9 Å². The number of amides is 1. The van der Waals surface area contributed by atoms with Crippen LogP contribution in [0.15, 0.2) is 47.1 Å². The summed E-state index contributed by atoms with van der Waals surface area (Å²) in [6.45, 7) is 2.66. The molecule has 1 fully saturated rings. The minimum Gasteiger partial charge on any atom is -0.353 e. The van der Waals surface area contributed by atoms with Crippen molar-refractivity contribution in [2.24, 2.45) is 0 Å². The topological polar surface area (TPSA) is 54.3 Å². The fourth-order valence-electron chi connectivity index (χ4n) is 4.28. The molecule has 0 atom stereocenters. The number of para-hydroxylation sites is 1. The van der Waals surface area contributed by atoms with Gasteiger partial charge in [0, 0.05) is 48.1 Å². The van der Waals surface area contributed by atoms with Crippen LogP contribution in [0.1, 0.15) is 28.2 Å². The van der Waals surface area contributed by atoms with E-state index >= 15 is 0 Å². The molecule has 3 aromatic rings. The van der Waals surface area contributed by atoms with Crippen LogP contribution in [0.4, 0.5) is 10.2 Å². The third-order valence-corrected chi connectivity index (χ3v) is 6.29. The van der Waals surface area contributed by atoms with Crippen molar-refractivity contribution in [2.75, 3.05) is 31.1 Å². The molecule has 0 spiro atoms. The number of hydrogen-bond acceptors (Lipinski definition) is 4. The molecule has 0 bridgehead atoms. The van der Waals surface area contributed by atoms with Gasteiger partial charge < -0.3 is 9.80 Å². The molecule has 6 nitrogen and oxygen atoms in total. The summed E-state index contributed by atoms with van der Waals surface area (Å²) >= 11 is 3.41.